The zero-order valence-electron chi connectivity index (χ0n) is 15.9. The highest BCUT2D eigenvalue weighted by molar-refractivity contribution is 5.89. The van der Waals surface area contributed by atoms with Crippen LogP contribution in [0, 0.1) is 11.6 Å². The van der Waals surface area contributed by atoms with Gasteiger partial charge in [0, 0.05) is 16.7 Å². The Morgan fingerprint density at radius 3 is 2.24 bits per heavy atom. The SMILES string of the molecule is COc1ccc(-c2nc[nH]c2-c2ccc(OC)cc2-c2cccc(F)c2F)cc1. The van der Waals surface area contributed by atoms with Crippen molar-refractivity contribution in [3.8, 4) is 45.1 Å². The number of rotatable bonds is 5. The molecule has 0 saturated carbocycles. The van der Waals surface area contributed by atoms with Gasteiger partial charge in [-0.3, -0.25) is 0 Å². The quantitative estimate of drug-likeness (QED) is 0.473. The topological polar surface area (TPSA) is 47.1 Å². The van der Waals surface area contributed by atoms with Crippen molar-refractivity contribution in [3.63, 3.8) is 0 Å². The number of methoxy groups -OCH3 is 2. The molecule has 146 valence electrons. The van der Waals surface area contributed by atoms with Gasteiger partial charge in [0.25, 0.3) is 0 Å². The van der Waals surface area contributed by atoms with Gasteiger partial charge in [0.2, 0.25) is 0 Å². The van der Waals surface area contributed by atoms with Crippen LogP contribution in [-0.2, 0) is 0 Å². The molecule has 0 radical (unpaired) electrons. The van der Waals surface area contributed by atoms with Crippen molar-refractivity contribution < 1.29 is 18.3 Å². The molecule has 0 saturated heterocycles. The first-order chi connectivity index (χ1) is 14.1. The van der Waals surface area contributed by atoms with Gasteiger partial charge in [0.05, 0.1) is 31.9 Å². The van der Waals surface area contributed by atoms with Gasteiger partial charge in [-0.1, -0.05) is 12.1 Å². The maximum absolute atomic E-state index is 14.6. The van der Waals surface area contributed by atoms with Crippen molar-refractivity contribution in [1.82, 2.24) is 9.97 Å². The highest BCUT2D eigenvalue weighted by Crippen LogP contribution is 2.39. The van der Waals surface area contributed by atoms with E-state index < -0.39 is 11.6 Å². The maximum atomic E-state index is 14.6. The van der Waals surface area contributed by atoms with E-state index in [2.05, 4.69) is 9.97 Å². The van der Waals surface area contributed by atoms with Crippen LogP contribution in [0.2, 0.25) is 0 Å². The summed E-state index contributed by atoms with van der Waals surface area (Å²) in [5.74, 6) is -0.542. The second kappa shape index (κ2) is 7.75. The van der Waals surface area contributed by atoms with Crippen LogP contribution in [0.1, 0.15) is 0 Å². The summed E-state index contributed by atoms with van der Waals surface area (Å²) in [7, 11) is 3.13. The molecular formula is C23H18F2N2O2. The van der Waals surface area contributed by atoms with Crippen LogP contribution in [-0.4, -0.2) is 24.2 Å². The van der Waals surface area contributed by atoms with Gasteiger partial charge in [0.15, 0.2) is 11.6 Å². The van der Waals surface area contributed by atoms with Gasteiger partial charge in [-0.2, -0.15) is 0 Å². The van der Waals surface area contributed by atoms with Gasteiger partial charge >= 0.3 is 0 Å². The van der Waals surface area contributed by atoms with E-state index in [1.165, 1.54) is 13.2 Å². The van der Waals surface area contributed by atoms with E-state index in [9.17, 15) is 8.78 Å². The van der Waals surface area contributed by atoms with Crippen LogP contribution in [0.15, 0.2) is 67.0 Å². The van der Waals surface area contributed by atoms with Crippen LogP contribution in [0.5, 0.6) is 11.5 Å². The standard InChI is InChI=1S/C23H18F2N2O2/c1-28-15-8-6-14(7-9-15)22-23(27-13-26-22)18-11-10-16(29-2)12-19(18)17-4-3-5-20(24)21(17)25/h3-13H,1-2H3,(H,26,27). The number of imidazole rings is 1. The molecule has 3 aromatic carbocycles. The van der Waals surface area contributed by atoms with Crippen LogP contribution in [0.4, 0.5) is 8.78 Å². The fourth-order valence-electron chi connectivity index (χ4n) is 3.27. The van der Waals surface area contributed by atoms with Crippen molar-refractivity contribution >= 4 is 0 Å². The number of H-pyrrole nitrogens is 1. The normalized spacial score (nSPS) is 10.8. The zero-order valence-corrected chi connectivity index (χ0v) is 15.9. The van der Waals surface area contributed by atoms with Crippen molar-refractivity contribution in [3.05, 3.63) is 78.6 Å². The van der Waals surface area contributed by atoms with Gasteiger partial charge in [0.1, 0.15) is 11.5 Å². The van der Waals surface area contributed by atoms with Crippen LogP contribution >= 0.6 is 0 Å². The lowest BCUT2D eigenvalue weighted by molar-refractivity contribution is 0.415. The lowest BCUT2D eigenvalue weighted by atomic mass is 9.94. The third-order valence-electron chi connectivity index (χ3n) is 4.74. The van der Waals surface area contributed by atoms with Crippen molar-refractivity contribution in [2.24, 2.45) is 0 Å². The molecule has 29 heavy (non-hydrogen) atoms. The molecule has 0 aliphatic carbocycles. The minimum atomic E-state index is -0.910. The Labute approximate surface area is 166 Å². The van der Waals surface area contributed by atoms with Gasteiger partial charge in [-0.05, 0) is 54.1 Å². The number of ether oxygens (including phenoxy) is 2. The Morgan fingerprint density at radius 2 is 1.52 bits per heavy atom. The molecule has 4 rings (SSSR count). The molecule has 0 fully saturated rings. The Hall–Kier alpha value is -3.67. The highest BCUT2D eigenvalue weighted by Gasteiger charge is 2.19. The summed E-state index contributed by atoms with van der Waals surface area (Å²) >= 11 is 0. The minimum absolute atomic E-state index is 0.147. The fourth-order valence-corrected chi connectivity index (χ4v) is 3.27. The lowest BCUT2D eigenvalue weighted by Crippen LogP contribution is -1.95. The molecule has 0 amide bonds. The molecule has 0 aliphatic rings. The van der Waals surface area contributed by atoms with Crippen LogP contribution in [0.3, 0.4) is 0 Å². The molecule has 1 N–H and O–H groups in total. The number of benzene rings is 3. The van der Waals surface area contributed by atoms with Crippen molar-refractivity contribution in [1.29, 1.82) is 0 Å². The van der Waals surface area contributed by atoms with Crippen LogP contribution in [0.25, 0.3) is 33.6 Å². The summed E-state index contributed by atoms with van der Waals surface area (Å²) in [5, 5.41) is 0. The molecule has 0 atom stereocenters. The van der Waals surface area contributed by atoms with E-state index in [-0.39, 0.29) is 5.56 Å². The molecule has 4 aromatic rings. The van der Waals surface area contributed by atoms with E-state index in [0.717, 1.165) is 17.4 Å². The van der Waals surface area contributed by atoms with E-state index in [4.69, 9.17) is 9.47 Å². The van der Waals surface area contributed by atoms with E-state index in [0.29, 0.717) is 28.3 Å². The first-order valence-electron chi connectivity index (χ1n) is 8.93. The third kappa shape index (κ3) is 3.45. The minimum Gasteiger partial charge on any atom is -0.497 e. The molecule has 0 bridgehead atoms. The summed E-state index contributed by atoms with van der Waals surface area (Å²) in [6.07, 6.45) is 1.57. The predicted molar refractivity (Wildman–Crippen MR) is 108 cm³/mol. The second-order valence-corrected chi connectivity index (χ2v) is 6.37. The van der Waals surface area contributed by atoms with Crippen molar-refractivity contribution in [2.45, 2.75) is 0 Å². The molecule has 1 heterocycles. The average molecular weight is 392 g/mol. The van der Waals surface area contributed by atoms with Gasteiger partial charge < -0.3 is 14.5 Å². The number of nitrogens with zero attached hydrogens (tertiary/aromatic N) is 1. The maximum Gasteiger partial charge on any atom is 0.166 e. The molecule has 4 nitrogen and oxygen atoms in total. The Kier molecular flexibility index (Phi) is 4.99. The second-order valence-electron chi connectivity index (χ2n) is 6.37. The summed E-state index contributed by atoms with van der Waals surface area (Å²) in [4.78, 5) is 7.57. The fraction of sp³-hybridized carbons (Fsp3) is 0.0870. The average Bonchev–Trinajstić information content (AvgIpc) is 3.25. The summed E-state index contributed by atoms with van der Waals surface area (Å²) in [6, 6.07) is 16.9. The summed E-state index contributed by atoms with van der Waals surface area (Å²) in [6.45, 7) is 0. The molecule has 1 aromatic heterocycles. The first kappa shape index (κ1) is 18.7. The molecule has 0 unspecified atom stereocenters. The van der Waals surface area contributed by atoms with E-state index in [1.807, 2.05) is 24.3 Å². The largest absolute Gasteiger partial charge is 0.497 e. The Balaban J connectivity index is 1.91. The monoisotopic (exact) mass is 392 g/mol. The number of aromatic nitrogens is 2. The Morgan fingerprint density at radius 1 is 0.793 bits per heavy atom. The van der Waals surface area contributed by atoms with Crippen molar-refractivity contribution in [2.75, 3.05) is 14.2 Å². The molecular weight excluding hydrogens is 374 g/mol. The number of hydrogen-bond donors (Lipinski definition) is 1. The lowest BCUT2D eigenvalue weighted by Gasteiger charge is -2.13. The van der Waals surface area contributed by atoms with E-state index >= 15 is 0 Å². The number of halogens is 2. The third-order valence-corrected chi connectivity index (χ3v) is 4.74. The molecule has 0 aliphatic heterocycles. The zero-order chi connectivity index (χ0) is 20.4. The number of nitrogens with one attached hydrogen (secondary N) is 1. The highest BCUT2D eigenvalue weighted by atomic mass is 19.2. The first-order valence-corrected chi connectivity index (χ1v) is 8.93. The van der Waals surface area contributed by atoms with Gasteiger partial charge in [-0.25, -0.2) is 13.8 Å². The van der Waals surface area contributed by atoms with E-state index in [1.54, 1.807) is 37.7 Å². The number of hydrogen-bond acceptors (Lipinski definition) is 3. The number of aromatic amines is 1. The smallest absolute Gasteiger partial charge is 0.166 e. The summed E-state index contributed by atoms with van der Waals surface area (Å²) in [5.41, 5.74) is 3.57. The molecule has 6 heteroatoms. The Bertz CT molecular complexity index is 1150. The van der Waals surface area contributed by atoms with Gasteiger partial charge in [-0.15, -0.1) is 0 Å². The predicted octanol–water partition coefficient (Wildman–Crippen LogP) is 5.71. The van der Waals surface area contributed by atoms with Crippen LogP contribution < -0.4 is 9.47 Å². The summed E-state index contributed by atoms with van der Waals surface area (Å²) < 4.78 is 39.0. The molecule has 0 spiro atoms.